The summed E-state index contributed by atoms with van der Waals surface area (Å²) in [6.45, 7) is 10.1. The van der Waals surface area contributed by atoms with Crippen molar-refractivity contribution < 1.29 is 0 Å². The van der Waals surface area contributed by atoms with Crippen LogP contribution < -0.4 is 10.2 Å². The van der Waals surface area contributed by atoms with Gasteiger partial charge >= 0.3 is 0 Å². The molecule has 112 valence electrons. The van der Waals surface area contributed by atoms with E-state index in [9.17, 15) is 0 Å². The van der Waals surface area contributed by atoms with Gasteiger partial charge < -0.3 is 10.2 Å². The molecule has 2 rings (SSSR count). The number of hydrogen-bond acceptors (Lipinski definition) is 2. The third kappa shape index (κ3) is 4.52. The molecule has 0 bridgehead atoms. The fourth-order valence-electron chi connectivity index (χ4n) is 2.98. The van der Waals surface area contributed by atoms with Gasteiger partial charge in [0.15, 0.2) is 0 Å². The maximum absolute atomic E-state index is 3.47. The van der Waals surface area contributed by atoms with Crippen LogP contribution in [0.1, 0.15) is 52.0 Å². The minimum absolute atomic E-state index is 0.547. The van der Waals surface area contributed by atoms with Crippen LogP contribution >= 0.6 is 0 Å². The van der Waals surface area contributed by atoms with E-state index in [-0.39, 0.29) is 0 Å². The average molecular weight is 274 g/mol. The van der Waals surface area contributed by atoms with Crippen LogP contribution in [0.4, 0.5) is 5.69 Å². The zero-order chi connectivity index (χ0) is 14.4. The minimum atomic E-state index is 0.547. The molecule has 2 nitrogen and oxygen atoms in total. The molecule has 0 spiro atoms. The predicted molar refractivity (Wildman–Crippen MR) is 88.3 cm³/mol. The van der Waals surface area contributed by atoms with Gasteiger partial charge in [-0.15, -0.1) is 0 Å². The van der Waals surface area contributed by atoms with Crippen LogP contribution in [0, 0.1) is 5.92 Å². The van der Waals surface area contributed by atoms with E-state index >= 15 is 0 Å². The van der Waals surface area contributed by atoms with Crippen LogP contribution in [-0.2, 0) is 6.54 Å². The third-order valence-corrected chi connectivity index (χ3v) is 4.44. The zero-order valence-electron chi connectivity index (χ0n) is 13.4. The summed E-state index contributed by atoms with van der Waals surface area (Å²) in [7, 11) is 0. The van der Waals surface area contributed by atoms with Crippen LogP contribution in [0.25, 0.3) is 0 Å². The van der Waals surface area contributed by atoms with Gasteiger partial charge in [-0.3, -0.25) is 0 Å². The molecule has 1 aliphatic rings. The van der Waals surface area contributed by atoms with Crippen molar-refractivity contribution in [3.63, 3.8) is 0 Å². The molecule has 1 heterocycles. The van der Waals surface area contributed by atoms with Gasteiger partial charge in [0.05, 0.1) is 0 Å². The second-order valence-corrected chi connectivity index (χ2v) is 6.39. The van der Waals surface area contributed by atoms with E-state index in [4.69, 9.17) is 0 Å². The fourth-order valence-corrected chi connectivity index (χ4v) is 2.98. The van der Waals surface area contributed by atoms with Gasteiger partial charge in [-0.05, 0) is 42.9 Å². The van der Waals surface area contributed by atoms with Crippen molar-refractivity contribution in [1.82, 2.24) is 5.32 Å². The van der Waals surface area contributed by atoms with Crippen LogP contribution in [0.15, 0.2) is 24.3 Å². The maximum Gasteiger partial charge on any atom is 0.0366 e. The second kappa shape index (κ2) is 7.68. The van der Waals surface area contributed by atoms with Gasteiger partial charge in [-0.25, -0.2) is 0 Å². The number of hydrogen-bond donors (Lipinski definition) is 1. The maximum atomic E-state index is 3.47. The lowest BCUT2D eigenvalue weighted by molar-refractivity contribution is 0.459. The minimum Gasteiger partial charge on any atom is -0.372 e. The lowest BCUT2D eigenvalue weighted by atomic mass is 9.98. The quantitative estimate of drug-likeness (QED) is 0.865. The Morgan fingerprint density at radius 3 is 2.55 bits per heavy atom. The van der Waals surface area contributed by atoms with Gasteiger partial charge in [-0.1, -0.05) is 39.3 Å². The molecule has 1 N–H and O–H groups in total. The van der Waals surface area contributed by atoms with E-state index < -0.39 is 0 Å². The first-order valence-corrected chi connectivity index (χ1v) is 8.26. The number of nitrogens with one attached hydrogen (secondary N) is 1. The van der Waals surface area contributed by atoms with Crippen molar-refractivity contribution in [1.29, 1.82) is 0 Å². The highest BCUT2D eigenvalue weighted by molar-refractivity contribution is 5.47. The Morgan fingerprint density at radius 2 is 1.90 bits per heavy atom. The summed E-state index contributed by atoms with van der Waals surface area (Å²) >= 11 is 0. The molecular weight excluding hydrogens is 244 g/mol. The molecule has 1 aromatic carbocycles. The molecule has 1 fully saturated rings. The van der Waals surface area contributed by atoms with Crippen LogP contribution in [0.5, 0.6) is 0 Å². The van der Waals surface area contributed by atoms with Crippen molar-refractivity contribution in [3.05, 3.63) is 29.8 Å². The van der Waals surface area contributed by atoms with E-state index in [0.29, 0.717) is 6.04 Å². The topological polar surface area (TPSA) is 15.3 Å². The first-order chi connectivity index (χ1) is 9.69. The predicted octanol–water partition coefficient (Wildman–Crippen LogP) is 4.20. The SMILES string of the molecule is CCC1CCCN(c2ccc(CNC(C)C)cc2)CC1. The van der Waals surface area contributed by atoms with E-state index in [0.717, 1.165) is 12.5 Å². The zero-order valence-corrected chi connectivity index (χ0v) is 13.4. The highest BCUT2D eigenvalue weighted by Gasteiger charge is 2.15. The number of anilines is 1. The lowest BCUT2D eigenvalue weighted by Gasteiger charge is -2.23. The van der Waals surface area contributed by atoms with Gasteiger partial charge in [0.25, 0.3) is 0 Å². The van der Waals surface area contributed by atoms with Crippen molar-refractivity contribution in [2.45, 2.75) is 59.0 Å². The summed E-state index contributed by atoms with van der Waals surface area (Å²) < 4.78 is 0. The number of benzene rings is 1. The molecule has 0 radical (unpaired) electrons. The molecule has 20 heavy (non-hydrogen) atoms. The molecule has 0 aromatic heterocycles. The molecular formula is C18H30N2. The van der Waals surface area contributed by atoms with Gasteiger partial charge in [0, 0.05) is 31.4 Å². The Balaban J connectivity index is 1.92. The Bertz CT molecular complexity index is 383. The van der Waals surface area contributed by atoms with Gasteiger partial charge in [-0.2, -0.15) is 0 Å². The van der Waals surface area contributed by atoms with E-state index in [2.05, 4.69) is 55.3 Å². The highest BCUT2D eigenvalue weighted by atomic mass is 15.1. The average Bonchev–Trinajstić information content (AvgIpc) is 2.71. The molecule has 0 aliphatic carbocycles. The summed E-state index contributed by atoms with van der Waals surface area (Å²) in [5, 5.41) is 3.47. The first-order valence-electron chi connectivity index (χ1n) is 8.26. The fraction of sp³-hybridized carbons (Fsp3) is 0.667. The molecule has 1 atom stereocenters. The Kier molecular flexibility index (Phi) is 5.90. The number of nitrogens with zero attached hydrogens (tertiary/aromatic N) is 1. The summed E-state index contributed by atoms with van der Waals surface area (Å²) in [5.74, 6) is 0.939. The standard InChI is InChI=1S/C18H30N2/c1-4-16-6-5-12-20(13-11-16)18-9-7-17(8-10-18)14-19-15(2)3/h7-10,15-16,19H,4-6,11-14H2,1-3H3. The lowest BCUT2D eigenvalue weighted by Crippen LogP contribution is -2.24. The molecule has 0 amide bonds. The normalized spacial score (nSPS) is 20.2. The summed E-state index contributed by atoms with van der Waals surface area (Å²) in [4.78, 5) is 2.56. The second-order valence-electron chi connectivity index (χ2n) is 6.39. The summed E-state index contributed by atoms with van der Waals surface area (Å²) in [6, 6.07) is 9.68. The molecule has 1 aliphatic heterocycles. The highest BCUT2D eigenvalue weighted by Crippen LogP contribution is 2.24. The molecule has 2 heteroatoms. The first kappa shape index (κ1) is 15.4. The van der Waals surface area contributed by atoms with Gasteiger partial charge in [0.2, 0.25) is 0 Å². The molecule has 1 unspecified atom stereocenters. The molecule has 1 saturated heterocycles. The molecule has 0 saturated carbocycles. The van der Waals surface area contributed by atoms with E-state index in [1.165, 1.54) is 50.0 Å². The Morgan fingerprint density at radius 1 is 1.15 bits per heavy atom. The third-order valence-electron chi connectivity index (χ3n) is 4.44. The van der Waals surface area contributed by atoms with Crippen molar-refractivity contribution >= 4 is 5.69 Å². The van der Waals surface area contributed by atoms with Crippen molar-refractivity contribution in [2.75, 3.05) is 18.0 Å². The Labute approximate surface area is 124 Å². The Hall–Kier alpha value is -1.02. The summed E-state index contributed by atoms with van der Waals surface area (Å²) in [5.41, 5.74) is 2.78. The largest absolute Gasteiger partial charge is 0.372 e. The van der Waals surface area contributed by atoms with E-state index in [1.54, 1.807) is 0 Å². The van der Waals surface area contributed by atoms with Crippen LogP contribution in [0.3, 0.4) is 0 Å². The smallest absolute Gasteiger partial charge is 0.0366 e. The van der Waals surface area contributed by atoms with Crippen LogP contribution in [0.2, 0.25) is 0 Å². The monoisotopic (exact) mass is 274 g/mol. The van der Waals surface area contributed by atoms with Crippen molar-refractivity contribution in [3.8, 4) is 0 Å². The van der Waals surface area contributed by atoms with Crippen LogP contribution in [-0.4, -0.2) is 19.1 Å². The molecule has 1 aromatic rings. The van der Waals surface area contributed by atoms with E-state index in [1.807, 2.05) is 0 Å². The van der Waals surface area contributed by atoms with Crippen molar-refractivity contribution in [2.24, 2.45) is 5.92 Å². The van der Waals surface area contributed by atoms with Gasteiger partial charge in [0.1, 0.15) is 0 Å². The summed E-state index contributed by atoms with van der Waals surface area (Å²) in [6.07, 6.45) is 5.44. The number of rotatable bonds is 5.